The number of rotatable bonds is 5. The molecule has 0 saturated carbocycles. The maximum absolute atomic E-state index is 6.07. The topological polar surface area (TPSA) is 48.1 Å². The Labute approximate surface area is 286 Å². The van der Waals surface area contributed by atoms with E-state index in [9.17, 15) is 0 Å². The number of benzene rings is 6. The lowest BCUT2D eigenvalue weighted by Crippen LogP contribution is -2.24. The Bertz CT molecular complexity index is 2470. The molecule has 2 aliphatic rings. The molecule has 0 bridgehead atoms. The number of hydrogen-bond donors (Lipinski definition) is 0. The van der Waals surface area contributed by atoms with Gasteiger partial charge in [0, 0.05) is 33.0 Å². The third-order valence-electron chi connectivity index (χ3n) is 9.64. The summed E-state index contributed by atoms with van der Waals surface area (Å²) in [6.07, 6.45) is 0. The smallest absolute Gasteiger partial charge is 0.216 e. The third kappa shape index (κ3) is 5.17. The van der Waals surface area contributed by atoms with Crippen LogP contribution >= 0.6 is 0 Å². The number of aliphatic imine (C=N–C) groups is 2. The normalized spacial score (nSPS) is 16.5. The van der Waals surface area contributed by atoms with E-state index in [1.165, 1.54) is 43.7 Å². The van der Waals surface area contributed by atoms with Gasteiger partial charge in [-0.2, -0.15) is 0 Å². The molecule has 0 fully saturated rings. The highest BCUT2D eigenvalue weighted by Gasteiger charge is 2.29. The van der Waals surface area contributed by atoms with Gasteiger partial charge >= 0.3 is 0 Å². The molecule has 0 aliphatic carbocycles. The Hall–Kier alpha value is -5.68. The van der Waals surface area contributed by atoms with Gasteiger partial charge in [0.15, 0.2) is 0 Å². The molecule has 49 heavy (non-hydrogen) atoms. The molecule has 0 spiro atoms. The van der Waals surface area contributed by atoms with Crippen molar-refractivity contribution in [1.29, 1.82) is 0 Å². The summed E-state index contributed by atoms with van der Waals surface area (Å²) >= 11 is 0. The molecular weight excluding hydrogens is 603 g/mol. The molecular formula is C44H37N3O2. The number of ether oxygens (including phenoxy) is 2. The van der Waals surface area contributed by atoms with Crippen molar-refractivity contribution in [3.63, 3.8) is 0 Å². The van der Waals surface area contributed by atoms with E-state index in [-0.39, 0.29) is 11.2 Å². The Kier molecular flexibility index (Phi) is 6.57. The van der Waals surface area contributed by atoms with Crippen molar-refractivity contribution in [2.24, 2.45) is 9.98 Å². The van der Waals surface area contributed by atoms with E-state index in [2.05, 4.69) is 170 Å². The van der Waals surface area contributed by atoms with E-state index in [1.807, 2.05) is 0 Å². The van der Waals surface area contributed by atoms with Gasteiger partial charge in [0.1, 0.15) is 11.2 Å². The van der Waals surface area contributed by atoms with Gasteiger partial charge in [-0.3, -0.25) is 0 Å². The van der Waals surface area contributed by atoms with Gasteiger partial charge in [0.25, 0.3) is 0 Å². The monoisotopic (exact) mass is 639 g/mol. The van der Waals surface area contributed by atoms with Gasteiger partial charge in [-0.15, -0.1) is 0 Å². The molecule has 0 amide bonds. The van der Waals surface area contributed by atoms with Crippen LogP contribution in [0.3, 0.4) is 0 Å². The van der Waals surface area contributed by atoms with Gasteiger partial charge in [0.05, 0.1) is 24.1 Å². The Morgan fingerprint density at radius 3 is 1.53 bits per heavy atom. The molecule has 0 N–H and O–H groups in total. The van der Waals surface area contributed by atoms with Gasteiger partial charge in [-0.05, 0) is 104 Å². The molecule has 0 saturated heterocycles. The molecule has 5 heteroatoms. The third-order valence-corrected chi connectivity index (χ3v) is 9.64. The quantitative estimate of drug-likeness (QED) is 0.188. The van der Waals surface area contributed by atoms with Crippen molar-refractivity contribution < 1.29 is 9.47 Å². The minimum atomic E-state index is -0.250. The van der Waals surface area contributed by atoms with E-state index >= 15 is 0 Å². The summed E-state index contributed by atoms with van der Waals surface area (Å²) in [4.78, 5) is 9.23. The average molecular weight is 640 g/mol. The van der Waals surface area contributed by atoms with Crippen LogP contribution in [0, 0.1) is 0 Å². The second-order valence-electron chi connectivity index (χ2n) is 14.4. The maximum Gasteiger partial charge on any atom is 0.216 e. The fraction of sp³-hybridized carbons (Fsp3) is 0.182. The second-order valence-corrected chi connectivity index (χ2v) is 14.4. The maximum atomic E-state index is 6.07. The van der Waals surface area contributed by atoms with Crippen LogP contribution in [0.1, 0.15) is 38.8 Å². The van der Waals surface area contributed by atoms with Crippen LogP contribution < -0.4 is 0 Å². The van der Waals surface area contributed by atoms with Gasteiger partial charge in [0.2, 0.25) is 11.8 Å². The number of nitrogens with zero attached hydrogens (tertiary/aromatic N) is 3. The predicted molar refractivity (Wildman–Crippen MR) is 202 cm³/mol. The highest BCUT2D eigenvalue weighted by Crippen LogP contribution is 2.39. The van der Waals surface area contributed by atoms with Crippen LogP contribution in [0.25, 0.3) is 60.5 Å². The summed E-state index contributed by atoms with van der Waals surface area (Å²) in [5, 5.41) is 4.90. The summed E-state index contributed by atoms with van der Waals surface area (Å²) in [5.74, 6) is 1.45. The van der Waals surface area contributed by atoms with Crippen LogP contribution in [-0.2, 0) is 9.47 Å². The number of hydrogen-bond acceptors (Lipinski definition) is 4. The van der Waals surface area contributed by atoms with Crippen LogP contribution in [0.4, 0.5) is 0 Å². The van der Waals surface area contributed by atoms with Crippen LogP contribution in [-0.4, -0.2) is 40.7 Å². The molecule has 0 atom stereocenters. The number of fused-ring (bicyclic) bond motifs is 5. The summed E-state index contributed by atoms with van der Waals surface area (Å²) in [5.41, 5.74) is 9.73. The molecule has 7 aromatic rings. The fourth-order valence-corrected chi connectivity index (χ4v) is 7.13. The van der Waals surface area contributed by atoms with Crippen molar-refractivity contribution in [3.8, 4) is 27.9 Å². The molecule has 0 radical (unpaired) electrons. The van der Waals surface area contributed by atoms with Crippen LogP contribution in [0.15, 0.2) is 137 Å². The van der Waals surface area contributed by atoms with E-state index in [0.29, 0.717) is 13.1 Å². The minimum Gasteiger partial charge on any atom is -0.469 e. The minimum absolute atomic E-state index is 0.245. The molecule has 0 unspecified atom stereocenters. The lowest BCUT2D eigenvalue weighted by molar-refractivity contribution is 0.131. The summed E-state index contributed by atoms with van der Waals surface area (Å²) in [6.45, 7) is 9.65. The Balaban J connectivity index is 1.13. The fourth-order valence-electron chi connectivity index (χ4n) is 7.13. The summed E-state index contributed by atoms with van der Waals surface area (Å²) in [7, 11) is 0. The van der Waals surface area contributed by atoms with Crippen molar-refractivity contribution >= 4 is 44.4 Å². The molecule has 3 heterocycles. The first-order valence-corrected chi connectivity index (χ1v) is 17.0. The molecule has 5 nitrogen and oxygen atoms in total. The zero-order valence-corrected chi connectivity index (χ0v) is 28.2. The largest absolute Gasteiger partial charge is 0.469 e. The van der Waals surface area contributed by atoms with Gasteiger partial charge < -0.3 is 14.0 Å². The van der Waals surface area contributed by atoms with E-state index in [4.69, 9.17) is 9.47 Å². The summed E-state index contributed by atoms with van der Waals surface area (Å²) in [6, 6.07) is 46.0. The second kappa shape index (κ2) is 10.9. The van der Waals surface area contributed by atoms with Crippen LogP contribution in [0.2, 0.25) is 0 Å². The predicted octanol–water partition coefficient (Wildman–Crippen LogP) is 10.4. The number of para-hydroxylation sites is 1. The Morgan fingerprint density at radius 2 is 0.980 bits per heavy atom. The van der Waals surface area contributed by atoms with E-state index < -0.39 is 0 Å². The van der Waals surface area contributed by atoms with Crippen molar-refractivity contribution in [2.75, 3.05) is 13.1 Å². The zero-order chi connectivity index (χ0) is 33.3. The lowest BCUT2D eigenvalue weighted by Gasteiger charge is -2.17. The average Bonchev–Trinajstić information content (AvgIpc) is 3.79. The first kappa shape index (κ1) is 29.5. The number of aromatic nitrogens is 1. The van der Waals surface area contributed by atoms with Gasteiger partial charge in [-0.25, -0.2) is 9.98 Å². The van der Waals surface area contributed by atoms with E-state index in [0.717, 1.165) is 39.7 Å². The Morgan fingerprint density at radius 1 is 0.490 bits per heavy atom. The SMILES string of the molecule is CC1(C)CN=C(c2ccc(-c3ccc4c(ccc5c6ccc(-c7ccc(C8=NCC(C)(C)O8)cc7)cc6n(-c6ccccc6)c45)c3)cc2)O1. The lowest BCUT2D eigenvalue weighted by atomic mass is 9.98. The molecule has 240 valence electrons. The van der Waals surface area contributed by atoms with Crippen molar-refractivity contribution in [3.05, 3.63) is 139 Å². The first-order chi connectivity index (χ1) is 23.7. The highest BCUT2D eigenvalue weighted by molar-refractivity contribution is 6.19. The van der Waals surface area contributed by atoms with E-state index in [1.54, 1.807) is 0 Å². The zero-order valence-electron chi connectivity index (χ0n) is 28.2. The molecule has 9 rings (SSSR count). The van der Waals surface area contributed by atoms with Crippen molar-refractivity contribution in [2.45, 2.75) is 38.9 Å². The van der Waals surface area contributed by atoms with Gasteiger partial charge in [-0.1, -0.05) is 78.9 Å². The van der Waals surface area contributed by atoms with Crippen molar-refractivity contribution in [1.82, 2.24) is 4.57 Å². The molecule has 6 aromatic carbocycles. The molecule has 1 aromatic heterocycles. The summed E-state index contributed by atoms with van der Waals surface area (Å²) < 4.78 is 14.5. The highest BCUT2D eigenvalue weighted by atomic mass is 16.5. The van der Waals surface area contributed by atoms with Crippen LogP contribution in [0.5, 0.6) is 0 Å². The standard InChI is InChI=1S/C44H37N3O2/c1-43(2)26-45-41(48-43)30-14-10-28(11-15-30)32-18-21-36-34(24-32)20-23-38-37-22-19-33(25-39(37)47(40(36)38)35-8-6-5-7-9-35)29-12-16-31(17-13-29)42-46-27-44(3,4)49-42/h5-25H,26-27H2,1-4H3. The first-order valence-electron chi connectivity index (χ1n) is 17.0. The molecule has 2 aliphatic heterocycles.